The molecule has 4 nitrogen and oxygen atoms in total. The van der Waals surface area contributed by atoms with Gasteiger partial charge in [-0.05, 0) is 59.7 Å². The van der Waals surface area contributed by atoms with E-state index in [2.05, 4.69) is 31.9 Å². The first-order valence-electron chi connectivity index (χ1n) is 9.94. The summed E-state index contributed by atoms with van der Waals surface area (Å²) in [5.41, 5.74) is 4.56. The minimum absolute atomic E-state index is 0.225. The highest BCUT2D eigenvalue weighted by atomic mass is 79.9. The Morgan fingerprint density at radius 2 is 1.77 bits per heavy atom. The van der Waals surface area contributed by atoms with Gasteiger partial charge in [0.1, 0.15) is 5.82 Å². The molecular formula is C25H19BrFN3O. The van der Waals surface area contributed by atoms with E-state index in [1.165, 1.54) is 12.1 Å². The van der Waals surface area contributed by atoms with Crippen molar-refractivity contribution in [2.45, 2.75) is 12.6 Å². The van der Waals surface area contributed by atoms with Crippen molar-refractivity contribution < 1.29 is 9.18 Å². The number of hydrogen-bond acceptors (Lipinski definition) is 1. The lowest BCUT2D eigenvalue weighted by atomic mass is 10.0. The molecule has 1 aliphatic heterocycles. The molecule has 1 atom stereocenters. The molecule has 2 amide bonds. The maximum absolute atomic E-state index is 13.7. The Morgan fingerprint density at radius 1 is 0.968 bits per heavy atom. The van der Waals surface area contributed by atoms with Gasteiger partial charge >= 0.3 is 6.03 Å². The Balaban J connectivity index is 1.63. The molecule has 6 heteroatoms. The van der Waals surface area contributed by atoms with Gasteiger partial charge in [-0.1, -0.05) is 52.3 Å². The molecule has 31 heavy (non-hydrogen) atoms. The maximum atomic E-state index is 13.7. The highest BCUT2D eigenvalue weighted by molar-refractivity contribution is 9.10. The second kappa shape index (κ2) is 8.04. The normalized spacial score (nSPS) is 15.0. The van der Waals surface area contributed by atoms with Crippen LogP contribution in [0.1, 0.15) is 22.9 Å². The molecule has 1 aromatic heterocycles. The maximum Gasteiger partial charge on any atom is 0.322 e. The number of amides is 2. The second-order valence-corrected chi connectivity index (χ2v) is 8.37. The van der Waals surface area contributed by atoms with Gasteiger partial charge in [0.05, 0.1) is 18.3 Å². The van der Waals surface area contributed by atoms with Crippen molar-refractivity contribution in [3.05, 3.63) is 118 Å². The number of carbonyl (C=O) groups is 1. The van der Waals surface area contributed by atoms with Crippen LogP contribution >= 0.6 is 15.9 Å². The Morgan fingerprint density at radius 3 is 2.58 bits per heavy atom. The Bertz CT molecular complexity index is 1250. The molecular weight excluding hydrogens is 457 g/mol. The Kier molecular flexibility index (Phi) is 5.08. The van der Waals surface area contributed by atoms with Crippen LogP contribution < -0.4 is 5.32 Å². The van der Waals surface area contributed by atoms with E-state index >= 15 is 0 Å². The number of benzene rings is 3. The number of fused-ring (bicyclic) bond motifs is 3. The van der Waals surface area contributed by atoms with Crippen molar-refractivity contribution in [1.82, 2.24) is 9.47 Å². The average Bonchev–Trinajstić information content (AvgIpc) is 3.19. The van der Waals surface area contributed by atoms with E-state index in [0.717, 1.165) is 27.0 Å². The van der Waals surface area contributed by atoms with E-state index in [1.807, 2.05) is 60.8 Å². The fourth-order valence-electron chi connectivity index (χ4n) is 4.10. The standard InChI is InChI=1S/C25H19BrFN3O/c26-19-6-3-7-21(15-19)28-25(31)30-16-18-5-1-2-8-22(18)29-14-4-9-23(29)24(30)17-10-12-20(27)13-11-17/h1-15,24H,16H2,(H,28,31)/t24-/m1/s1. The zero-order chi connectivity index (χ0) is 21.4. The third-order valence-electron chi connectivity index (χ3n) is 5.49. The highest BCUT2D eigenvalue weighted by Gasteiger charge is 2.33. The van der Waals surface area contributed by atoms with Crippen LogP contribution in [0.15, 0.2) is 95.6 Å². The summed E-state index contributed by atoms with van der Waals surface area (Å²) in [7, 11) is 0. The van der Waals surface area contributed by atoms with Gasteiger partial charge in [0.2, 0.25) is 0 Å². The summed E-state index contributed by atoms with van der Waals surface area (Å²) < 4.78 is 16.7. The minimum Gasteiger partial charge on any atom is -0.318 e. The van der Waals surface area contributed by atoms with Crippen molar-refractivity contribution in [3.63, 3.8) is 0 Å². The van der Waals surface area contributed by atoms with E-state index in [4.69, 9.17) is 0 Å². The first-order chi connectivity index (χ1) is 15.1. The number of nitrogens with one attached hydrogen (secondary N) is 1. The van der Waals surface area contributed by atoms with E-state index < -0.39 is 0 Å². The summed E-state index contributed by atoms with van der Waals surface area (Å²) >= 11 is 3.45. The fraction of sp³-hybridized carbons (Fsp3) is 0.0800. The van der Waals surface area contributed by atoms with Gasteiger partial charge in [-0.15, -0.1) is 0 Å². The molecule has 154 valence electrons. The summed E-state index contributed by atoms with van der Waals surface area (Å²) in [6.45, 7) is 0.416. The smallest absolute Gasteiger partial charge is 0.318 e. The summed E-state index contributed by atoms with van der Waals surface area (Å²) in [6, 6.07) is 25.3. The van der Waals surface area contributed by atoms with Crippen LogP contribution in [0.2, 0.25) is 0 Å². The first-order valence-corrected chi connectivity index (χ1v) is 10.7. The van der Waals surface area contributed by atoms with Crippen LogP contribution in [0.4, 0.5) is 14.9 Å². The summed E-state index contributed by atoms with van der Waals surface area (Å²) in [4.78, 5) is 15.3. The van der Waals surface area contributed by atoms with Gasteiger partial charge in [0.15, 0.2) is 0 Å². The monoisotopic (exact) mass is 475 g/mol. The van der Waals surface area contributed by atoms with Crippen molar-refractivity contribution in [2.24, 2.45) is 0 Å². The molecule has 3 aromatic carbocycles. The molecule has 0 unspecified atom stereocenters. The quantitative estimate of drug-likeness (QED) is 0.352. The number of halogens is 2. The topological polar surface area (TPSA) is 37.3 Å². The molecule has 0 spiro atoms. The van der Waals surface area contributed by atoms with Crippen LogP contribution in [-0.4, -0.2) is 15.5 Å². The van der Waals surface area contributed by atoms with Gasteiger partial charge < -0.3 is 14.8 Å². The van der Waals surface area contributed by atoms with E-state index in [1.54, 1.807) is 17.0 Å². The van der Waals surface area contributed by atoms with Gasteiger partial charge in [-0.25, -0.2) is 9.18 Å². The molecule has 1 aliphatic rings. The average molecular weight is 476 g/mol. The van der Waals surface area contributed by atoms with Crippen LogP contribution in [0.5, 0.6) is 0 Å². The molecule has 1 N–H and O–H groups in total. The second-order valence-electron chi connectivity index (χ2n) is 7.45. The Hall–Kier alpha value is -3.38. The van der Waals surface area contributed by atoms with Gasteiger partial charge in [-0.3, -0.25) is 0 Å². The Labute approximate surface area is 188 Å². The van der Waals surface area contributed by atoms with Crippen LogP contribution in [0.3, 0.4) is 0 Å². The number of nitrogens with zero attached hydrogens (tertiary/aromatic N) is 2. The molecule has 0 saturated carbocycles. The zero-order valence-corrected chi connectivity index (χ0v) is 18.1. The third kappa shape index (κ3) is 3.75. The number of urea groups is 1. The van der Waals surface area contributed by atoms with E-state index in [-0.39, 0.29) is 17.9 Å². The van der Waals surface area contributed by atoms with Gasteiger partial charge in [-0.2, -0.15) is 0 Å². The SMILES string of the molecule is O=C(Nc1cccc(Br)c1)N1Cc2ccccc2-n2cccc2[C@H]1c1ccc(F)cc1. The summed E-state index contributed by atoms with van der Waals surface area (Å²) in [5, 5.41) is 3.02. The number of para-hydroxylation sites is 1. The van der Waals surface area contributed by atoms with Crippen molar-refractivity contribution >= 4 is 27.6 Å². The predicted octanol–water partition coefficient (Wildman–Crippen LogP) is 6.52. The third-order valence-corrected chi connectivity index (χ3v) is 5.98. The molecule has 5 rings (SSSR count). The molecule has 2 heterocycles. The van der Waals surface area contributed by atoms with E-state index in [9.17, 15) is 9.18 Å². The fourth-order valence-corrected chi connectivity index (χ4v) is 4.50. The molecule has 0 saturated heterocycles. The van der Waals surface area contributed by atoms with Crippen LogP contribution in [0, 0.1) is 5.82 Å². The lowest BCUT2D eigenvalue weighted by Gasteiger charge is -2.31. The lowest BCUT2D eigenvalue weighted by molar-refractivity contribution is 0.194. The van der Waals surface area contributed by atoms with Crippen LogP contribution in [0.25, 0.3) is 5.69 Å². The van der Waals surface area contributed by atoms with Crippen molar-refractivity contribution in [1.29, 1.82) is 0 Å². The van der Waals surface area contributed by atoms with Gasteiger partial charge in [0.25, 0.3) is 0 Å². The first kappa shape index (κ1) is 19.6. The predicted molar refractivity (Wildman–Crippen MR) is 123 cm³/mol. The number of carbonyl (C=O) groups excluding carboxylic acids is 1. The van der Waals surface area contributed by atoms with Crippen molar-refractivity contribution in [3.8, 4) is 5.69 Å². The molecule has 0 bridgehead atoms. The highest BCUT2D eigenvalue weighted by Crippen LogP contribution is 2.37. The van der Waals surface area contributed by atoms with E-state index in [0.29, 0.717) is 12.2 Å². The molecule has 0 aliphatic carbocycles. The summed E-state index contributed by atoms with van der Waals surface area (Å²) in [6.07, 6.45) is 2.00. The zero-order valence-electron chi connectivity index (χ0n) is 16.5. The number of hydrogen-bond donors (Lipinski definition) is 1. The van der Waals surface area contributed by atoms with Crippen molar-refractivity contribution in [2.75, 3.05) is 5.32 Å². The number of rotatable bonds is 2. The number of aromatic nitrogens is 1. The minimum atomic E-state index is -0.379. The molecule has 0 fully saturated rings. The van der Waals surface area contributed by atoms with Crippen LogP contribution in [-0.2, 0) is 6.54 Å². The largest absolute Gasteiger partial charge is 0.322 e. The lowest BCUT2D eigenvalue weighted by Crippen LogP contribution is -2.37. The molecule has 0 radical (unpaired) electrons. The summed E-state index contributed by atoms with van der Waals surface area (Å²) in [5.74, 6) is -0.304. The van der Waals surface area contributed by atoms with Gasteiger partial charge in [0, 0.05) is 22.1 Å². The molecule has 4 aromatic rings. The number of anilines is 1.